The molecule has 0 atom stereocenters. The normalized spacial score (nSPS) is 21.1. The lowest BCUT2D eigenvalue weighted by molar-refractivity contribution is 0.116. The molecule has 1 aliphatic rings. The number of nitrogens with one attached hydrogen (secondary N) is 1. The van der Waals surface area contributed by atoms with Crippen LogP contribution in [0.5, 0.6) is 0 Å². The van der Waals surface area contributed by atoms with E-state index < -0.39 is 0 Å². The van der Waals surface area contributed by atoms with Crippen LogP contribution in [0, 0.1) is 0 Å². The summed E-state index contributed by atoms with van der Waals surface area (Å²) in [7, 11) is 0. The number of hydrogen-bond acceptors (Lipinski definition) is 4. The summed E-state index contributed by atoms with van der Waals surface area (Å²) in [6.07, 6.45) is 4.00. The predicted molar refractivity (Wildman–Crippen MR) is 63.1 cm³/mol. The Kier molecular flexibility index (Phi) is 3.61. The first-order valence-electron chi connectivity index (χ1n) is 6.14. The van der Waals surface area contributed by atoms with Crippen molar-refractivity contribution in [2.24, 2.45) is 0 Å². The van der Waals surface area contributed by atoms with Crippen molar-refractivity contribution in [1.82, 2.24) is 15.4 Å². The van der Waals surface area contributed by atoms with Crippen molar-refractivity contribution in [3.8, 4) is 0 Å². The Hall–Kier alpha value is -0.870. The van der Waals surface area contributed by atoms with E-state index in [2.05, 4.69) is 29.2 Å². The molecule has 2 heterocycles. The molecule has 0 unspecified atom stereocenters. The Morgan fingerprint density at radius 3 is 2.94 bits per heavy atom. The quantitative estimate of drug-likeness (QED) is 0.842. The summed E-state index contributed by atoms with van der Waals surface area (Å²) in [6.45, 7) is 8.69. The lowest BCUT2D eigenvalue weighted by atomic mass is 9.90. The van der Waals surface area contributed by atoms with E-state index in [1.165, 1.54) is 12.8 Å². The van der Waals surface area contributed by atoms with Crippen LogP contribution in [-0.2, 0) is 6.54 Å². The van der Waals surface area contributed by atoms with E-state index in [9.17, 15) is 0 Å². The second-order valence-electron chi connectivity index (χ2n) is 4.62. The minimum Gasteiger partial charge on any atom is -0.364 e. The van der Waals surface area contributed by atoms with Crippen LogP contribution in [-0.4, -0.2) is 35.2 Å². The smallest absolute Gasteiger partial charge is 0.124 e. The third-order valence-electron chi connectivity index (χ3n) is 3.68. The van der Waals surface area contributed by atoms with Gasteiger partial charge in [0.1, 0.15) is 6.26 Å². The summed E-state index contributed by atoms with van der Waals surface area (Å²) in [5.74, 6) is 0. The van der Waals surface area contributed by atoms with Crippen molar-refractivity contribution in [2.45, 2.75) is 38.8 Å². The van der Waals surface area contributed by atoms with Gasteiger partial charge in [-0.05, 0) is 12.8 Å². The van der Waals surface area contributed by atoms with E-state index in [0.717, 1.165) is 31.9 Å². The minimum absolute atomic E-state index is 0.294. The fraction of sp³-hybridized carbons (Fsp3) is 0.750. The summed E-state index contributed by atoms with van der Waals surface area (Å²) >= 11 is 0. The summed E-state index contributed by atoms with van der Waals surface area (Å²) in [5.41, 5.74) is 1.32. The average Bonchev–Trinajstić information content (AvgIpc) is 2.82. The number of piperazine rings is 1. The van der Waals surface area contributed by atoms with Crippen molar-refractivity contribution < 1.29 is 4.52 Å². The monoisotopic (exact) mass is 223 g/mol. The fourth-order valence-electron chi connectivity index (χ4n) is 2.45. The minimum atomic E-state index is 0.294. The van der Waals surface area contributed by atoms with E-state index in [4.69, 9.17) is 4.52 Å². The Labute approximate surface area is 97.0 Å². The summed E-state index contributed by atoms with van der Waals surface area (Å²) in [6, 6.07) is 1.95. The molecule has 2 rings (SSSR count). The SMILES string of the molecule is CCC1(CC)CN(Cc2ccon2)CCN1. The average molecular weight is 223 g/mol. The maximum Gasteiger partial charge on any atom is 0.124 e. The zero-order chi connectivity index (χ0) is 11.4. The number of aromatic nitrogens is 1. The van der Waals surface area contributed by atoms with Gasteiger partial charge >= 0.3 is 0 Å². The molecule has 1 aromatic heterocycles. The molecule has 0 radical (unpaired) electrons. The van der Waals surface area contributed by atoms with E-state index in [1.54, 1.807) is 6.26 Å². The van der Waals surface area contributed by atoms with Crippen LogP contribution in [0.4, 0.5) is 0 Å². The van der Waals surface area contributed by atoms with Crippen molar-refractivity contribution >= 4 is 0 Å². The van der Waals surface area contributed by atoms with Gasteiger partial charge in [0.25, 0.3) is 0 Å². The highest BCUT2D eigenvalue weighted by molar-refractivity contribution is 4.98. The lowest BCUT2D eigenvalue weighted by Crippen LogP contribution is -2.59. The molecule has 1 aromatic rings. The Morgan fingerprint density at radius 2 is 2.31 bits per heavy atom. The summed E-state index contributed by atoms with van der Waals surface area (Å²) in [5, 5.41) is 7.63. The van der Waals surface area contributed by atoms with Gasteiger partial charge in [0.05, 0.1) is 5.69 Å². The third kappa shape index (κ3) is 2.44. The number of nitrogens with zero attached hydrogens (tertiary/aromatic N) is 2. The molecular weight excluding hydrogens is 202 g/mol. The molecule has 0 bridgehead atoms. The van der Waals surface area contributed by atoms with Crippen LogP contribution in [0.15, 0.2) is 16.9 Å². The highest BCUT2D eigenvalue weighted by Crippen LogP contribution is 2.20. The van der Waals surface area contributed by atoms with Gasteiger partial charge in [-0.2, -0.15) is 0 Å². The van der Waals surface area contributed by atoms with Crippen LogP contribution in [0.3, 0.4) is 0 Å². The second-order valence-corrected chi connectivity index (χ2v) is 4.62. The molecule has 16 heavy (non-hydrogen) atoms. The maximum atomic E-state index is 4.87. The second kappa shape index (κ2) is 4.97. The van der Waals surface area contributed by atoms with E-state index in [-0.39, 0.29) is 0 Å². The molecule has 90 valence electrons. The molecule has 0 spiro atoms. The molecule has 0 saturated carbocycles. The summed E-state index contributed by atoms with van der Waals surface area (Å²) in [4.78, 5) is 2.46. The highest BCUT2D eigenvalue weighted by Gasteiger charge is 2.31. The Bertz CT molecular complexity index is 306. The van der Waals surface area contributed by atoms with Crippen LogP contribution in [0.2, 0.25) is 0 Å². The summed E-state index contributed by atoms with van der Waals surface area (Å²) < 4.78 is 4.87. The van der Waals surface area contributed by atoms with Crippen molar-refractivity contribution in [3.63, 3.8) is 0 Å². The number of rotatable bonds is 4. The van der Waals surface area contributed by atoms with Crippen LogP contribution < -0.4 is 5.32 Å². The van der Waals surface area contributed by atoms with Gasteiger partial charge in [-0.3, -0.25) is 4.90 Å². The fourth-order valence-corrected chi connectivity index (χ4v) is 2.45. The zero-order valence-corrected chi connectivity index (χ0v) is 10.2. The molecule has 1 fully saturated rings. The molecular formula is C12H21N3O. The topological polar surface area (TPSA) is 41.3 Å². The van der Waals surface area contributed by atoms with Gasteiger partial charge in [0, 0.05) is 37.8 Å². The van der Waals surface area contributed by atoms with Gasteiger partial charge in [0.15, 0.2) is 0 Å². The van der Waals surface area contributed by atoms with Gasteiger partial charge in [-0.1, -0.05) is 19.0 Å². The van der Waals surface area contributed by atoms with Gasteiger partial charge in [-0.15, -0.1) is 0 Å². The maximum absolute atomic E-state index is 4.87. The first-order chi connectivity index (χ1) is 7.78. The molecule has 0 aliphatic carbocycles. The first-order valence-corrected chi connectivity index (χ1v) is 6.14. The van der Waals surface area contributed by atoms with Gasteiger partial charge in [-0.25, -0.2) is 0 Å². The molecule has 4 heteroatoms. The van der Waals surface area contributed by atoms with Crippen LogP contribution in [0.25, 0.3) is 0 Å². The van der Waals surface area contributed by atoms with Crippen LogP contribution >= 0.6 is 0 Å². The Morgan fingerprint density at radius 1 is 1.50 bits per heavy atom. The standard InChI is InChI=1S/C12H21N3O/c1-3-12(4-2)10-15(7-6-13-12)9-11-5-8-16-14-11/h5,8,13H,3-4,6-7,9-10H2,1-2H3. The van der Waals surface area contributed by atoms with Crippen LogP contribution in [0.1, 0.15) is 32.4 Å². The van der Waals surface area contributed by atoms with E-state index in [0.29, 0.717) is 5.54 Å². The van der Waals surface area contributed by atoms with Crippen molar-refractivity contribution in [3.05, 3.63) is 18.0 Å². The van der Waals surface area contributed by atoms with Crippen molar-refractivity contribution in [1.29, 1.82) is 0 Å². The first kappa shape index (κ1) is 11.6. The lowest BCUT2D eigenvalue weighted by Gasteiger charge is -2.42. The predicted octanol–water partition coefficient (Wildman–Crippen LogP) is 1.64. The molecule has 0 aromatic carbocycles. The van der Waals surface area contributed by atoms with Gasteiger partial charge < -0.3 is 9.84 Å². The molecule has 1 aliphatic heterocycles. The van der Waals surface area contributed by atoms with E-state index >= 15 is 0 Å². The molecule has 1 N–H and O–H groups in total. The van der Waals surface area contributed by atoms with E-state index in [1.807, 2.05) is 6.07 Å². The zero-order valence-electron chi connectivity index (χ0n) is 10.2. The Balaban J connectivity index is 1.96. The molecule has 1 saturated heterocycles. The third-order valence-corrected chi connectivity index (χ3v) is 3.68. The van der Waals surface area contributed by atoms with Gasteiger partial charge in [0.2, 0.25) is 0 Å². The highest BCUT2D eigenvalue weighted by atomic mass is 16.5. The molecule has 0 amide bonds. The van der Waals surface area contributed by atoms with Crippen molar-refractivity contribution in [2.75, 3.05) is 19.6 Å². The number of hydrogen-bond donors (Lipinski definition) is 1. The molecule has 4 nitrogen and oxygen atoms in total. The largest absolute Gasteiger partial charge is 0.364 e.